The Morgan fingerprint density at radius 3 is 2.68 bits per heavy atom. The molecule has 12 heteroatoms. The van der Waals surface area contributed by atoms with E-state index in [0.29, 0.717) is 38.8 Å². The second kappa shape index (κ2) is 13.0. The number of aromatic nitrogens is 3. The lowest BCUT2D eigenvalue weighted by Crippen LogP contribution is -2.55. The van der Waals surface area contributed by atoms with Crippen molar-refractivity contribution in [2.45, 2.75) is 43.8 Å². The van der Waals surface area contributed by atoms with Gasteiger partial charge in [-0.3, -0.25) is 14.7 Å². The van der Waals surface area contributed by atoms with Gasteiger partial charge in [-0.1, -0.05) is 12.6 Å². The molecule has 246 valence electrons. The van der Waals surface area contributed by atoms with Gasteiger partial charge in [0.05, 0.1) is 54.6 Å². The number of para-hydroxylation sites is 1. The van der Waals surface area contributed by atoms with Gasteiger partial charge in [0.2, 0.25) is 5.91 Å². The first-order valence-electron chi connectivity index (χ1n) is 16.6. The van der Waals surface area contributed by atoms with E-state index in [1.54, 1.807) is 18.2 Å². The molecule has 1 saturated carbocycles. The van der Waals surface area contributed by atoms with Crippen LogP contribution in [0.2, 0.25) is 0 Å². The number of nitriles is 1. The summed E-state index contributed by atoms with van der Waals surface area (Å²) in [4.78, 5) is 38.7. The maximum absolute atomic E-state index is 12.6. The number of ether oxygens (including phenoxy) is 2. The molecule has 2 aromatic heterocycles. The molecule has 5 heterocycles. The van der Waals surface area contributed by atoms with Crippen LogP contribution in [0.15, 0.2) is 43.1 Å². The van der Waals surface area contributed by atoms with Crippen LogP contribution < -0.4 is 19.3 Å². The Balaban J connectivity index is 1.20. The summed E-state index contributed by atoms with van der Waals surface area (Å²) in [5.74, 6) is 1.50. The summed E-state index contributed by atoms with van der Waals surface area (Å²) in [7, 11) is 3.86. The maximum atomic E-state index is 12.6. The van der Waals surface area contributed by atoms with E-state index in [1.807, 2.05) is 18.2 Å². The maximum Gasteiger partial charge on any atom is 0.318 e. The number of rotatable bonds is 9. The van der Waals surface area contributed by atoms with Gasteiger partial charge >= 0.3 is 6.01 Å². The molecule has 1 amide bonds. The molecule has 0 radical (unpaired) electrons. The molecule has 0 bridgehead atoms. The zero-order chi connectivity index (χ0) is 32.5. The lowest BCUT2D eigenvalue weighted by Gasteiger charge is -2.42. The zero-order valence-corrected chi connectivity index (χ0v) is 27.4. The van der Waals surface area contributed by atoms with Crippen molar-refractivity contribution < 1.29 is 14.3 Å². The minimum atomic E-state index is -0.252. The highest BCUT2D eigenvalue weighted by Gasteiger charge is 2.49. The number of methoxy groups -OCH3 is 1. The Hall–Kier alpha value is -4.47. The number of anilines is 2. The quantitative estimate of drug-likeness (QED) is 0.323. The fourth-order valence-corrected chi connectivity index (χ4v) is 7.40. The molecule has 3 aromatic rings. The van der Waals surface area contributed by atoms with Crippen molar-refractivity contribution in [3.63, 3.8) is 0 Å². The normalized spacial score (nSPS) is 21.2. The van der Waals surface area contributed by atoms with E-state index in [4.69, 9.17) is 24.4 Å². The molecule has 4 aliphatic rings. The van der Waals surface area contributed by atoms with Crippen LogP contribution in [-0.4, -0.2) is 120 Å². The average Bonchev–Trinajstić information content (AvgIpc) is 3.90. The summed E-state index contributed by atoms with van der Waals surface area (Å²) in [6.07, 6.45) is 6.34. The molecule has 12 nitrogen and oxygen atoms in total. The van der Waals surface area contributed by atoms with Gasteiger partial charge in [-0.15, -0.1) is 0 Å². The van der Waals surface area contributed by atoms with Gasteiger partial charge in [-0.05, 0) is 50.6 Å². The molecule has 0 spiro atoms. The summed E-state index contributed by atoms with van der Waals surface area (Å²) in [6.45, 7) is 11.4. The third-order valence-electron chi connectivity index (χ3n) is 10.3. The minimum absolute atomic E-state index is 0.0506. The third kappa shape index (κ3) is 6.05. The second-order valence-electron chi connectivity index (χ2n) is 13.1. The number of fused-ring (bicyclic) bond motifs is 2. The van der Waals surface area contributed by atoms with Gasteiger partial charge in [0.15, 0.2) is 0 Å². The molecule has 0 unspecified atom stereocenters. The fraction of sp³-hybridized carbons (Fsp3) is 0.514. The lowest BCUT2D eigenvalue weighted by molar-refractivity contribution is -0.128. The second-order valence-corrected chi connectivity index (χ2v) is 13.1. The van der Waals surface area contributed by atoms with Crippen molar-refractivity contribution in [3.8, 4) is 17.8 Å². The number of piperazine rings is 2. The van der Waals surface area contributed by atoms with Crippen molar-refractivity contribution in [2.75, 3.05) is 82.9 Å². The number of likely N-dealkylation sites (N-methyl/N-ethyl adjacent to an activating group) is 1. The molecule has 0 N–H and O–H groups in total. The summed E-state index contributed by atoms with van der Waals surface area (Å²) >= 11 is 0. The van der Waals surface area contributed by atoms with E-state index in [2.05, 4.69) is 45.4 Å². The molecular weight excluding hydrogens is 594 g/mol. The van der Waals surface area contributed by atoms with Gasteiger partial charge in [-0.2, -0.15) is 15.2 Å². The predicted molar refractivity (Wildman–Crippen MR) is 180 cm³/mol. The van der Waals surface area contributed by atoms with Crippen LogP contribution in [0.3, 0.4) is 0 Å². The highest BCUT2D eigenvalue weighted by atomic mass is 16.5. The van der Waals surface area contributed by atoms with Crippen molar-refractivity contribution >= 4 is 28.3 Å². The molecule has 7 rings (SSSR count). The number of pyridine rings is 1. The molecule has 3 fully saturated rings. The molecule has 1 aliphatic carbocycles. The van der Waals surface area contributed by atoms with E-state index in [9.17, 15) is 10.1 Å². The van der Waals surface area contributed by atoms with Gasteiger partial charge in [0, 0.05) is 69.5 Å². The van der Waals surface area contributed by atoms with E-state index < -0.39 is 0 Å². The summed E-state index contributed by atoms with van der Waals surface area (Å²) < 4.78 is 12.2. The Kier molecular flexibility index (Phi) is 8.59. The van der Waals surface area contributed by atoms with Gasteiger partial charge in [0.1, 0.15) is 18.2 Å². The van der Waals surface area contributed by atoms with E-state index in [0.717, 1.165) is 91.4 Å². The van der Waals surface area contributed by atoms with Crippen molar-refractivity contribution in [3.05, 3.63) is 54.4 Å². The first-order valence-corrected chi connectivity index (χ1v) is 16.6. The zero-order valence-electron chi connectivity index (χ0n) is 27.4. The van der Waals surface area contributed by atoms with Gasteiger partial charge in [0.25, 0.3) is 0 Å². The van der Waals surface area contributed by atoms with Crippen LogP contribution in [0.1, 0.15) is 30.5 Å². The standard InChI is InChI=1S/C35H43N9O3/c1-4-31(45)44-21-18-42(22-25(44)8-13-36)33-26-10-15-41(29-7-5-6-27-30(46-3)9-14-37-32(27)29)23-28(26)38-34(39-33)47-24-35(11-12-35)43-19-16-40(2)17-20-43/h4-7,9,14,25H,1,8,10-12,15-24H2,2-3H3/t25-/m0/s1. The smallest absolute Gasteiger partial charge is 0.318 e. The van der Waals surface area contributed by atoms with Crippen LogP contribution in [0.4, 0.5) is 11.5 Å². The lowest BCUT2D eigenvalue weighted by atomic mass is 10.0. The number of benzene rings is 1. The van der Waals surface area contributed by atoms with E-state index >= 15 is 0 Å². The highest BCUT2D eigenvalue weighted by molar-refractivity contribution is 5.94. The van der Waals surface area contributed by atoms with Crippen LogP contribution in [0.25, 0.3) is 10.9 Å². The predicted octanol–water partition coefficient (Wildman–Crippen LogP) is 2.87. The molecule has 3 aliphatic heterocycles. The van der Waals surface area contributed by atoms with Gasteiger partial charge < -0.3 is 29.1 Å². The number of hydrogen-bond acceptors (Lipinski definition) is 11. The Labute approximate surface area is 276 Å². The topological polar surface area (TPSA) is 114 Å². The Morgan fingerprint density at radius 2 is 1.94 bits per heavy atom. The number of amides is 1. The first kappa shape index (κ1) is 31.1. The Bertz CT molecular complexity index is 1700. The SMILES string of the molecule is C=CC(=O)N1CCN(c2nc(OCC3(N4CCN(C)CC4)CC3)nc3c2CCN(c2cccc4c(OC)ccnc24)C3)C[C@@H]1CC#N. The monoisotopic (exact) mass is 637 g/mol. The number of carbonyl (C=O) groups excluding carboxylic acids is 1. The number of nitrogens with zero attached hydrogens (tertiary/aromatic N) is 9. The van der Waals surface area contributed by atoms with E-state index in [1.165, 1.54) is 6.08 Å². The third-order valence-corrected chi connectivity index (χ3v) is 10.3. The van der Waals surface area contributed by atoms with Crippen molar-refractivity contribution in [1.29, 1.82) is 5.26 Å². The number of hydrogen-bond donors (Lipinski definition) is 0. The first-order chi connectivity index (χ1) is 22.9. The number of carbonyl (C=O) groups is 1. The average molecular weight is 638 g/mol. The van der Waals surface area contributed by atoms with E-state index in [-0.39, 0.29) is 23.9 Å². The van der Waals surface area contributed by atoms with Crippen LogP contribution in [0, 0.1) is 11.3 Å². The minimum Gasteiger partial charge on any atom is -0.496 e. The van der Waals surface area contributed by atoms with Crippen LogP contribution in [0.5, 0.6) is 11.8 Å². The van der Waals surface area contributed by atoms with Crippen molar-refractivity contribution in [2.24, 2.45) is 0 Å². The summed E-state index contributed by atoms with van der Waals surface area (Å²) in [5.41, 5.74) is 4.01. The summed E-state index contributed by atoms with van der Waals surface area (Å²) in [6, 6.07) is 10.5. The fourth-order valence-electron chi connectivity index (χ4n) is 7.40. The van der Waals surface area contributed by atoms with Gasteiger partial charge in [-0.25, -0.2) is 0 Å². The molecule has 2 saturated heterocycles. The summed E-state index contributed by atoms with van der Waals surface area (Å²) in [5, 5.41) is 10.6. The highest BCUT2D eigenvalue weighted by Crippen LogP contribution is 2.43. The molecule has 1 aromatic carbocycles. The molecule has 1 atom stereocenters. The molecular formula is C35H43N9O3. The van der Waals surface area contributed by atoms with Crippen molar-refractivity contribution in [1.82, 2.24) is 29.7 Å². The van der Waals surface area contributed by atoms with Crippen LogP contribution >= 0.6 is 0 Å². The largest absolute Gasteiger partial charge is 0.496 e. The van der Waals surface area contributed by atoms with Crippen LogP contribution in [-0.2, 0) is 17.8 Å². The molecule has 47 heavy (non-hydrogen) atoms. The Morgan fingerprint density at radius 1 is 1.11 bits per heavy atom.